The molecule has 0 fully saturated rings. The first-order valence-electron chi connectivity index (χ1n) is 6.50. The van der Waals surface area contributed by atoms with Crippen LogP contribution in [0.5, 0.6) is 0 Å². The van der Waals surface area contributed by atoms with E-state index in [1.165, 1.54) is 0 Å². The maximum atomic E-state index is 12.3. The summed E-state index contributed by atoms with van der Waals surface area (Å²) in [5, 5.41) is 6.52. The largest absolute Gasteiger partial charge is 0.340 e. The number of aryl methyl sites for hydroxylation is 1. The highest BCUT2D eigenvalue weighted by molar-refractivity contribution is 5.76. The van der Waals surface area contributed by atoms with E-state index in [4.69, 9.17) is 0 Å². The molecule has 0 spiro atoms. The van der Waals surface area contributed by atoms with Gasteiger partial charge in [0, 0.05) is 13.0 Å². The molecule has 3 N–H and O–H groups in total. The molecule has 108 valence electrons. The van der Waals surface area contributed by atoms with E-state index < -0.39 is 5.69 Å². The molecule has 8 nitrogen and oxygen atoms in total. The molecule has 2 aromatic heterocycles. The average Bonchev–Trinajstić information content (AvgIpc) is 2.88. The Hall–Kier alpha value is -2.90. The number of nitrogens with zero attached hydrogens (tertiary/aromatic N) is 2. The molecule has 21 heavy (non-hydrogen) atoms. The van der Waals surface area contributed by atoms with Gasteiger partial charge < -0.3 is 4.98 Å². The van der Waals surface area contributed by atoms with E-state index in [1.807, 2.05) is 0 Å². The second kappa shape index (κ2) is 5.23. The van der Waals surface area contributed by atoms with Gasteiger partial charge in [0.15, 0.2) is 0 Å². The number of rotatable bonds is 4. The molecular weight excluding hydrogens is 274 g/mol. The number of para-hydroxylation sites is 1. The summed E-state index contributed by atoms with van der Waals surface area (Å²) < 4.78 is 1.16. The van der Waals surface area contributed by atoms with Crippen molar-refractivity contribution in [1.29, 1.82) is 0 Å². The fourth-order valence-corrected chi connectivity index (χ4v) is 2.23. The van der Waals surface area contributed by atoms with Crippen LogP contribution in [0.2, 0.25) is 0 Å². The van der Waals surface area contributed by atoms with Crippen molar-refractivity contribution in [2.75, 3.05) is 0 Å². The van der Waals surface area contributed by atoms with Gasteiger partial charge in [-0.05, 0) is 18.6 Å². The van der Waals surface area contributed by atoms with E-state index in [-0.39, 0.29) is 17.8 Å². The lowest BCUT2D eigenvalue weighted by Crippen LogP contribution is -2.35. The van der Waals surface area contributed by atoms with Gasteiger partial charge in [0.05, 0.1) is 10.9 Å². The van der Waals surface area contributed by atoms with E-state index in [9.17, 15) is 14.4 Å². The summed E-state index contributed by atoms with van der Waals surface area (Å²) in [4.78, 5) is 40.3. The van der Waals surface area contributed by atoms with Gasteiger partial charge in [-0.2, -0.15) is 5.10 Å². The van der Waals surface area contributed by atoms with Crippen molar-refractivity contribution >= 4 is 10.9 Å². The lowest BCUT2D eigenvalue weighted by atomic mass is 10.2. The highest BCUT2D eigenvalue weighted by atomic mass is 16.2. The van der Waals surface area contributed by atoms with Crippen LogP contribution in [0.1, 0.15) is 12.2 Å². The Labute approximate surface area is 117 Å². The molecule has 3 aromatic rings. The van der Waals surface area contributed by atoms with Crippen molar-refractivity contribution in [2.45, 2.75) is 19.4 Å². The number of aromatic nitrogens is 5. The summed E-state index contributed by atoms with van der Waals surface area (Å²) >= 11 is 0. The molecule has 0 atom stereocenters. The third-order valence-electron chi connectivity index (χ3n) is 3.23. The minimum atomic E-state index is -0.436. The van der Waals surface area contributed by atoms with Gasteiger partial charge in [-0.25, -0.2) is 14.7 Å². The summed E-state index contributed by atoms with van der Waals surface area (Å²) in [6, 6.07) is 6.88. The smallest absolute Gasteiger partial charge is 0.307 e. The van der Waals surface area contributed by atoms with Crippen molar-refractivity contribution < 1.29 is 0 Å². The predicted molar refractivity (Wildman–Crippen MR) is 76.4 cm³/mol. The van der Waals surface area contributed by atoms with Gasteiger partial charge in [0.1, 0.15) is 5.82 Å². The summed E-state index contributed by atoms with van der Waals surface area (Å²) in [6.07, 6.45) is 0.986. The molecule has 0 aliphatic heterocycles. The minimum Gasteiger partial charge on any atom is -0.307 e. The van der Waals surface area contributed by atoms with Gasteiger partial charge in [-0.3, -0.25) is 14.3 Å². The van der Waals surface area contributed by atoms with Crippen LogP contribution in [0, 0.1) is 0 Å². The number of aromatic amines is 3. The van der Waals surface area contributed by atoms with Gasteiger partial charge >= 0.3 is 11.4 Å². The number of fused-ring (bicyclic) bond motifs is 1. The van der Waals surface area contributed by atoms with Crippen molar-refractivity contribution in [3.05, 3.63) is 61.4 Å². The zero-order chi connectivity index (χ0) is 14.8. The predicted octanol–water partition coefficient (Wildman–Crippen LogP) is -0.266. The highest BCUT2D eigenvalue weighted by Gasteiger charge is 2.07. The Bertz CT molecular complexity index is 946. The molecule has 0 unspecified atom stereocenters. The summed E-state index contributed by atoms with van der Waals surface area (Å²) in [5.74, 6) is 0.505. The molecule has 2 heterocycles. The van der Waals surface area contributed by atoms with Crippen molar-refractivity contribution in [2.24, 2.45) is 0 Å². The Morgan fingerprint density at radius 3 is 2.67 bits per heavy atom. The first kappa shape index (κ1) is 13.1. The summed E-state index contributed by atoms with van der Waals surface area (Å²) in [5.41, 5.74) is -0.592. The number of hydrogen-bond acceptors (Lipinski definition) is 4. The van der Waals surface area contributed by atoms with Crippen LogP contribution in [0.3, 0.4) is 0 Å². The third kappa shape index (κ3) is 2.55. The van der Waals surface area contributed by atoms with Crippen molar-refractivity contribution in [3.63, 3.8) is 0 Å². The van der Waals surface area contributed by atoms with Crippen LogP contribution < -0.4 is 16.9 Å². The fraction of sp³-hybridized carbons (Fsp3) is 0.231. The van der Waals surface area contributed by atoms with E-state index in [0.29, 0.717) is 29.6 Å². The standard InChI is InChI=1S/C13H13N5O3/c19-11-8-4-1-2-5-9(8)14-13(21)18(11)7-3-6-10-15-12(20)17-16-10/h1-2,4-5H,3,6-7H2,(H,14,21)(H2,15,16,17,20). The third-order valence-corrected chi connectivity index (χ3v) is 3.23. The fourth-order valence-electron chi connectivity index (χ4n) is 2.23. The lowest BCUT2D eigenvalue weighted by molar-refractivity contribution is 0.588. The van der Waals surface area contributed by atoms with E-state index in [0.717, 1.165) is 4.57 Å². The van der Waals surface area contributed by atoms with Gasteiger partial charge in [-0.15, -0.1) is 0 Å². The molecule has 1 aromatic carbocycles. The van der Waals surface area contributed by atoms with Gasteiger partial charge in [0.25, 0.3) is 5.56 Å². The van der Waals surface area contributed by atoms with Crippen LogP contribution in [0.15, 0.2) is 38.6 Å². The maximum absolute atomic E-state index is 12.3. The number of nitrogens with one attached hydrogen (secondary N) is 3. The molecule has 3 rings (SSSR count). The van der Waals surface area contributed by atoms with Crippen LogP contribution in [0.25, 0.3) is 10.9 Å². The minimum absolute atomic E-state index is 0.258. The molecule has 0 bridgehead atoms. The second-order valence-corrected chi connectivity index (χ2v) is 4.66. The molecule has 0 saturated heterocycles. The van der Waals surface area contributed by atoms with Crippen LogP contribution in [-0.2, 0) is 13.0 Å². The molecule has 8 heteroatoms. The lowest BCUT2D eigenvalue weighted by Gasteiger charge is -2.05. The van der Waals surface area contributed by atoms with Crippen molar-refractivity contribution in [1.82, 2.24) is 24.7 Å². The monoisotopic (exact) mass is 287 g/mol. The summed E-state index contributed by atoms with van der Waals surface area (Å²) in [6.45, 7) is 0.258. The first-order chi connectivity index (χ1) is 10.1. The molecule has 0 aliphatic carbocycles. The molecule has 0 saturated carbocycles. The highest BCUT2D eigenvalue weighted by Crippen LogP contribution is 2.03. The Morgan fingerprint density at radius 1 is 1.10 bits per heavy atom. The Kier molecular flexibility index (Phi) is 3.27. The number of benzene rings is 1. The van der Waals surface area contributed by atoms with E-state index in [2.05, 4.69) is 20.2 Å². The molecule has 0 radical (unpaired) electrons. The van der Waals surface area contributed by atoms with Gasteiger partial charge in [0.2, 0.25) is 0 Å². The summed E-state index contributed by atoms with van der Waals surface area (Å²) in [7, 11) is 0. The topological polar surface area (TPSA) is 116 Å². The van der Waals surface area contributed by atoms with Crippen molar-refractivity contribution in [3.8, 4) is 0 Å². The number of hydrogen-bond donors (Lipinski definition) is 3. The second-order valence-electron chi connectivity index (χ2n) is 4.66. The SMILES string of the molecule is O=c1[nH]nc(CCCn2c(=O)[nH]c3ccccc3c2=O)[nH]1. The van der Waals surface area contributed by atoms with Gasteiger partial charge in [-0.1, -0.05) is 12.1 Å². The average molecular weight is 287 g/mol. The molecule has 0 aliphatic rings. The zero-order valence-electron chi connectivity index (χ0n) is 11.0. The van der Waals surface area contributed by atoms with E-state index in [1.54, 1.807) is 24.3 Å². The Balaban J connectivity index is 1.85. The van der Waals surface area contributed by atoms with Crippen LogP contribution in [-0.4, -0.2) is 24.7 Å². The quantitative estimate of drug-likeness (QED) is 0.612. The Morgan fingerprint density at radius 2 is 1.90 bits per heavy atom. The van der Waals surface area contributed by atoms with E-state index >= 15 is 0 Å². The first-order valence-corrected chi connectivity index (χ1v) is 6.50. The maximum Gasteiger partial charge on any atom is 0.340 e. The molecular formula is C13H13N5O3. The van der Waals surface area contributed by atoms with Crippen LogP contribution in [0.4, 0.5) is 0 Å². The normalized spacial score (nSPS) is 11.0. The van der Waals surface area contributed by atoms with Crippen LogP contribution >= 0.6 is 0 Å². The zero-order valence-corrected chi connectivity index (χ0v) is 11.0. The number of H-pyrrole nitrogens is 3. The molecule has 0 amide bonds.